The van der Waals surface area contributed by atoms with Crippen LogP contribution in [-0.2, 0) is 0 Å². The van der Waals surface area contributed by atoms with E-state index in [4.69, 9.17) is 11.6 Å². The fourth-order valence-corrected chi connectivity index (χ4v) is 1.48. The maximum atomic E-state index is 5.57. The highest BCUT2D eigenvalue weighted by Crippen LogP contribution is 2.57. The van der Waals surface area contributed by atoms with Crippen LogP contribution in [-0.4, -0.2) is 15.2 Å². The summed E-state index contributed by atoms with van der Waals surface area (Å²) in [6.45, 7) is 4.43. The zero-order chi connectivity index (χ0) is 8.06. The largest absolute Gasteiger partial charge is 0.262 e. The molecular formula is C7H10ClN3. The van der Waals surface area contributed by atoms with E-state index in [9.17, 15) is 0 Å². The predicted octanol–water partition coefficient (Wildman–Crippen LogP) is 1.97. The van der Waals surface area contributed by atoms with E-state index < -0.39 is 0 Å². The number of rotatable bonds is 1. The number of aromatic nitrogens is 3. The minimum absolute atomic E-state index is 0.322. The Morgan fingerprint density at radius 1 is 1.64 bits per heavy atom. The molecule has 0 amide bonds. The summed E-state index contributed by atoms with van der Waals surface area (Å²) in [6, 6.07) is 0. The van der Waals surface area contributed by atoms with Gasteiger partial charge < -0.3 is 0 Å². The summed E-state index contributed by atoms with van der Waals surface area (Å²) >= 11 is 5.57. The maximum absolute atomic E-state index is 5.57. The molecule has 0 aromatic carbocycles. The highest BCUT2D eigenvalue weighted by atomic mass is 35.5. The van der Waals surface area contributed by atoms with Gasteiger partial charge in [-0.25, -0.2) is 4.98 Å². The third-order valence-corrected chi connectivity index (χ3v) is 2.49. The molecule has 0 saturated heterocycles. The van der Waals surface area contributed by atoms with Gasteiger partial charge in [-0.15, -0.1) is 5.10 Å². The molecule has 1 aromatic heterocycles. The molecule has 1 aliphatic carbocycles. The second-order valence-corrected chi connectivity index (χ2v) is 4.07. The van der Waals surface area contributed by atoms with E-state index in [0.717, 1.165) is 5.82 Å². The fraction of sp³-hybridized carbons (Fsp3) is 0.714. The zero-order valence-electron chi connectivity index (χ0n) is 6.56. The van der Waals surface area contributed by atoms with Crippen molar-refractivity contribution in [1.29, 1.82) is 0 Å². The summed E-state index contributed by atoms with van der Waals surface area (Å²) in [4.78, 5) is 4.07. The lowest BCUT2D eigenvalue weighted by Crippen LogP contribution is -1.91. The van der Waals surface area contributed by atoms with Gasteiger partial charge in [-0.3, -0.25) is 5.10 Å². The number of aromatic amines is 1. The highest BCUT2D eigenvalue weighted by molar-refractivity contribution is 6.28. The van der Waals surface area contributed by atoms with Gasteiger partial charge in [0.05, 0.1) is 0 Å². The highest BCUT2D eigenvalue weighted by Gasteiger charge is 2.48. The van der Waals surface area contributed by atoms with Crippen molar-refractivity contribution in [2.75, 3.05) is 0 Å². The third kappa shape index (κ3) is 1.13. The summed E-state index contributed by atoms with van der Waals surface area (Å²) < 4.78 is 0. The Hall–Kier alpha value is -0.570. The molecule has 1 aliphatic rings. The molecule has 1 unspecified atom stereocenters. The average Bonchev–Trinajstić information content (AvgIpc) is 2.39. The summed E-state index contributed by atoms with van der Waals surface area (Å²) in [7, 11) is 0. The van der Waals surface area contributed by atoms with E-state index in [1.165, 1.54) is 6.42 Å². The Labute approximate surface area is 70.2 Å². The first kappa shape index (κ1) is 7.10. The lowest BCUT2D eigenvalue weighted by atomic mass is 10.1. The second-order valence-electron chi connectivity index (χ2n) is 3.73. The van der Waals surface area contributed by atoms with Crippen LogP contribution in [0.1, 0.15) is 32.0 Å². The van der Waals surface area contributed by atoms with E-state index in [1.807, 2.05) is 0 Å². The second kappa shape index (κ2) is 1.97. The van der Waals surface area contributed by atoms with Crippen molar-refractivity contribution < 1.29 is 0 Å². The maximum Gasteiger partial charge on any atom is 0.242 e. The van der Waals surface area contributed by atoms with Gasteiger partial charge in [0.25, 0.3) is 0 Å². The Bertz CT molecular complexity index is 279. The van der Waals surface area contributed by atoms with Gasteiger partial charge in [0.2, 0.25) is 5.28 Å². The number of nitrogens with zero attached hydrogens (tertiary/aromatic N) is 2. The molecule has 1 N–H and O–H groups in total. The average molecular weight is 172 g/mol. The molecule has 11 heavy (non-hydrogen) atoms. The van der Waals surface area contributed by atoms with Gasteiger partial charge in [-0.05, 0) is 23.4 Å². The lowest BCUT2D eigenvalue weighted by molar-refractivity contribution is 0.609. The molecule has 60 valence electrons. The van der Waals surface area contributed by atoms with Crippen LogP contribution in [0.2, 0.25) is 5.28 Å². The topological polar surface area (TPSA) is 41.6 Å². The van der Waals surface area contributed by atoms with Crippen LogP contribution in [0.15, 0.2) is 0 Å². The Morgan fingerprint density at radius 2 is 2.27 bits per heavy atom. The van der Waals surface area contributed by atoms with Gasteiger partial charge in [-0.1, -0.05) is 13.8 Å². The smallest absolute Gasteiger partial charge is 0.242 e. The molecule has 3 nitrogen and oxygen atoms in total. The van der Waals surface area contributed by atoms with Crippen molar-refractivity contribution in [3.63, 3.8) is 0 Å². The molecule has 4 heteroatoms. The normalized spacial score (nSPS) is 27.0. The summed E-state index contributed by atoms with van der Waals surface area (Å²) in [5.74, 6) is 1.46. The summed E-state index contributed by atoms with van der Waals surface area (Å²) in [5.41, 5.74) is 0.392. The molecule has 0 bridgehead atoms. The van der Waals surface area contributed by atoms with Crippen molar-refractivity contribution in [1.82, 2.24) is 15.2 Å². The standard InChI is InChI=1S/C7H10ClN3/c1-7(2)3-4(7)5-9-6(8)11-10-5/h4H,3H2,1-2H3,(H,9,10,11). The first-order valence-electron chi connectivity index (χ1n) is 3.67. The first-order chi connectivity index (χ1) is 5.09. The predicted molar refractivity (Wildman–Crippen MR) is 42.5 cm³/mol. The van der Waals surface area contributed by atoms with Gasteiger partial charge in [0.1, 0.15) is 5.82 Å². The van der Waals surface area contributed by atoms with E-state index >= 15 is 0 Å². The molecule has 0 spiro atoms. The van der Waals surface area contributed by atoms with Crippen LogP contribution in [0.25, 0.3) is 0 Å². The van der Waals surface area contributed by atoms with E-state index in [1.54, 1.807) is 0 Å². The van der Waals surface area contributed by atoms with Crippen LogP contribution in [0, 0.1) is 5.41 Å². The van der Waals surface area contributed by atoms with Crippen molar-refractivity contribution >= 4 is 11.6 Å². The Balaban J connectivity index is 2.20. The van der Waals surface area contributed by atoms with E-state index in [-0.39, 0.29) is 0 Å². The zero-order valence-corrected chi connectivity index (χ0v) is 7.31. The molecule has 2 rings (SSSR count). The summed E-state index contributed by atoms with van der Waals surface area (Å²) in [6.07, 6.45) is 1.18. The van der Waals surface area contributed by atoms with Gasteiger partial charge in [0, 0.05) is 5.92 Å². The van der Waals surface area contributed by atoms with Gasteiger partial charge >= 0.3 is 0 Å². The molecule has 1 atom stereocenters. The van der Waals surface area contributed by atoms with Crippen LogP contribution in [0.4, 0.5) is 0 Å². The van der Waals surface area contributed by atoms with E-state index in [2.05, 4.69) is 29.0 Å². The third-order valence-electron chi connectivity index (χ3n) is 2.32. The van der Waals surface area contributed by atoms with Gasteiger partial charge in [0.15, 0.2) is 0 Å². The van der Waals surface area contributed by atoms with E-state index in [0.29, 0.717) is 16.6 Å². The summed E-state index contributed by atoms with van der Waals surface area (Å²) in [5, 5.41) is 6.92. The van der Waals surface area contributed by atoms with Crippen molar-refractivity contribution in [2.24, 2.45) is 5.41 Å². The lowest BCUT2D eigenvalue weighted by Gasteiger charge is -1.96. The molecule has 1 saturated carbocycles. The van der Waals surface area contributed by atoms with Crippen LogP contribution >= 0.6 is 11.6 Å². The fourth-order valence-electron chi connectivity index (χ4n) is 1.34. The SMILES string of the molecule is CC1(C)CC1c1nc(Cl)n[nH]1. The molecule has 0 radical (unpaired) electrons. The van der Waals surface area contributed by atoms with Gasteiger partial charge in [-0.2, -0.15) is 0 Å². The minimum Gasteiger partial charge on any atom is -0.262 e. The number of halogens is 1. The van der Waals surface area contributed by atoms with Crippen molar-refractivity contribution in [2.45, 2.75) is 26.2 Å². The Kier molecular flexibility index (Phi) is 1.27. The van der Waals surface area contributed by atoms with Crippen molar-refractivity contribution in [3.8, 4) is 0 Å². The van der Waals surface area contributed by atoms with Crippen LogP contribution < -0.4 is 0 Å². The number of H-pyrrole nitrogens is 1. The molecule has 1 heterocycles. The Morgan fingerprint density at radius 3 is 2.64 bits per heavy atom. The number of nitrogens with one attached hydrogen (secondary N) is 1. The van der Waals surface area contributed by atoms with Crippen LogP contribution in [0.3, 0.4) is 0 Å². The molecule has 1 aromatic rings. The molecule has 0 aliphatic heterocycles. The minimum atomic E-state index is 0.322. The monoisotopic (exact) mass is 171 g/mol. The first-order valence-corrected chi connectivity index (χ1v) is 4.05. The van der Waals surface area contributed by atoms with Crippen LogP contribution in [0.5, 0.6) is 0 Å². The molecule has 1 fully saturated rings. The quantitative estimate of drug-likeness (QED) is 0.702. The van der Waals surface area contributed by atoms with Crippen molar-refractivity contribution in [3.05, 3.63) is 11.1 Å². The number of hydrogen-bond acceptors (Lipinski definition) is 2. The molecular weight excluding hydrogens is 162 g/mol. The number of hydrogen-bond donors (Lipinski definition) is 1.